The second-order valence-electron chi connectivity index (χ2n) is 5.43. The molecule has 0 bridgehead atoms. The van der Waals surface area contributed by atoms with Crippen molar-refractivity contribution in [1.82, 2.24) is 0 Å². The van der Waals surface area contributed by atoms with Crippen molar-refractivity contribution < 1.29 is 17.6 Å². The van der Waals surface area contributed by atoms with Crippen molar-refractivity contribution in [2.45, 2.75) is 6.92 Å². The highest BCUT2D eigenvalue weighted by Crippen LogP contribution is 2.32. The first-order valence-corrected chi connectivity index (χ1v) is 7.45. The van der Waals surface area contributed by atoms with E-state index in [9.17, 15) is 17.6 Å². The molecule has 0 aromatic heterocycles. The average Bonchev–Trinajstić information content (AvgIpc) is 2.52. The van der Waals surface area contributed by atoms with Gasteiger partial charge in [0.15, 0.2) is 0 Å². The Morgan fingerprint density at radius 1 is 0.625 bits per heavy atom. The smallest absolute Gasteiger partial charge is 0.145 e. The number of halogens is 5. The molecule has 0 heterocycles. The monoisotopic (exact) mass is 350 g/mol. The fraction of sp³-hybridized carbons (Fsp3) is 0.0526. The first-order valence-electron chi connectivity index (χ1n) is 7.08. The lowest BCUT2D eigenvalue weighted by Crippen LogP contribution is -1.92. The van der Waals surface area contributed by atoms with Crippen LogP contribution in [-0.4, -0.2) is 0 Å². The highest BCUT2D eigenvalue weighted by Gasteiger charge is 2.14. The van der Waals surface area contributed by atoms with Crippen molar-refractivity contribution in [2.24, 2.45) is 0 Å². The van der Waals surface area contributed by atoms with Gasteiger partial charge in [-0.05, 0) is 47.9 Å². The van der Waals surface area contributed by atoms with Crippen LogP contribution < -0.4 is 0 Å². The van der Waals surface area contributed by atoms with Gasteiger partial charge >= 0.3 is 0 Å². The van der Waals surface area contributed by atoms with Gasteiger partial charge in [-0.25, -0.2) is 17.6 Å². The molecule has 122 valence electrons. The van der Waals surface area contributed by atoms with E-state index in [1.807, 2.05) is 0 Å². The fourth-order valence-electron chi connectivity index (χ4n) is 2.48. The van der Waals surface area contributed by atoms with E-state index in [1.54, 1.807) is 19.1 Å². The minimum atomic E-state index is -0.972. The second kappa shape index (κ2) is 6.29. The van der Waals surface area contributed by atoms with Crippen LogP contribution in [0.3, 0.4) is 0 Å². The van der Waals surface area contributed by atoms with Crippen LogP contribution in [0.15, 0.2) is 48.5 Å². The van der Waals surface area contributed by atoms with E-state index in [2.05, 4.69) is 0 Å². The van der Waals surface area contributed by atoms with Crippen LogP contribution in [0.1, 0.15) is 5.56 Å². The minimum absolute atomic E-state index is 0.000682. The van der Waals surface area contributed by atoms with Crippen molar-refractivity contribution in [3.05, 3.63) is 82.4 Å². The van der Waals surface area contributed by atoms with Crippen molar-refractivity contribution in [2.75, 3.05) is 0 Å². The van der Waals surface area contributed by atoms with E-state index in [0.29, 0.717) is 5.56 Å². The molecule has 0 amide bonds. The molecule has 0 fully saturated rings. The molecule has 0 N–H and O–H groups in total. The van der Waals surface area contributed by atoms with Crippen molar-refractivity contribution >= 4 is 11.6 Å². The summed E-state index contributed by atoms with van der Waals surface area (Å²) >= 11 is 5.43. The van der Waals surface area contributed by atoms with Crippen molar-refractivity contribution in [1.29, 1.82) is 0 Å². The molecule has 0 radical (unpaired) electrons. The third-order valence-corrected chi connectivity index (χ3v) is 4.06. The van der Waals surface area contributed by atoms with E-state index >= 15 is 0 Å². The zero-order chi connectivity index (χ0) is 17.4. The van der Waals surface area contributed by atoms with Gasteiger partial charge in [0.25, 0.3) is 0 Å². The van der Waals surface area contributed by atoms with Gasteiger partial charge in [-0.2, -0.15) is 0 Å². The maximum atomic E-state index is 14.4. The van der Waals surface area contributed by atoms with Gasteiger partial charge in [0, 0.05) is 11.1 Å². The normalized spacial score (nSPS) is 10.9. The van der Waals surface area contributed by atoms with Gasteiger partial charge in [-0.1, -0.05) is 35.9 Å². The summed E-state index contributed by atoms with van der Waals surface area (Å²) in [5, 5.41) is -0.641. The Balaban J connectivity index is 2.08. The fourth-order valence-corrected chi connectivity index (χ4v) is 2.59. The van der Waals surface area contributed by atoms with E-state index in [4.69, 9.17) is 11.6 Å². The van der Waals surface area contributed by atoms with Gasteiger partial charge in [0.2, 0.25) is 0 Å². The van der Waals surface area contributed by atoms with Gasteiger partial charge in [-0.3, -0.25) is 0 Å². The molecule has 3 aromatic rings. The van der Waals surface area contributed by atoms with Gasteiger partial charge in [0.05, 0.1) is 0 Å². The van der Waals surface area contributed by atoms with Crippen LogP contribution in [-0.2, 0) is 0 Å². The largest absolute Gasteiger partial charge is 0.206 e. The number of hydrogen-bond acceptors (Lipinski definition) is 0. The van der Waals surface area contributed by atoms with Crippen molar-refractivity contribution in [3.8, 4) is 22.3 Å². The summed E-state index contributed by atoms with van der Waals surface area (Å²) in [6, 6.07) is 10.5. The molecular formula is C19H11ClF4. The zero-order valence-corrected chi connectivity index (χ0v) is 13.3. The lowest BCUT2D eigenvalue weighted by atomic mass is 9.98. The number of hydrogen-bond donors (Lipinski definition) is 0. The van der Waals surface area contributed by atoms with Gasteiger partial charge in [0.1, 0.15) is 28.3 Å². The Hall–Kier alpha value is -2.33. The summed E-state index contributed by atoms with van der Waals surface area (Å²) in [6.45, 7) is 1.75. The Kier molecular flexibility index (Phi) is 4.33. The molecule has 0 saturated carbocycles. The molecule has 3 rings (SSSR count). The van der Waals surface area contributed by atoms with E-state index < -0.39 is 28.3 Å². The quantitative estimate of drug-likeness (QED) is 0.363. The number of rotatable bonds is 2. The summed E-state index contributed by atoms with van der Waals surface area (Å²) in [6.07, 6.45) is 0. The third kappa shape index (κ3) is 3.02. The first-order chi connectivity index (χ1) is 11.4. The summed E-state index contributed by atoms with van der Waals surface area (Å²) in [4.78, 5) is 0. The molecule has 0 saturated heterocycles. The Labute approximate surface area is 141 Å². The van der Waals surface area contributed by atoms with Gasteiger partial charge < -0.3 is 0 Å². The number of benzene rings is 3. The van der Waals surface area contributed by atoms with Crippen LogP contribution >= 0.6 is 11.6 Å². The summed E-state index contributed by atoms with van der Waals surface area (Å²) < 4.78 is 55.5. The third-order valence-electron chi connectivity index (χ3n) is 3.70. The van der Waals surface area contributed by atoms with Crippen molar-refractivity contribution in [3.63, 3.8) is 0 Å². The van der Waals surface area contributed by atoms with E-state index in [0.717, 1.165) is 23.8 Å². The SMILES string of the molecule is Cc1ccc(-c2ccc(-c3cc(F)c(Cl)c(F)c3)c(F)c2)c(F)c1. The average molecular weight is 351 g/mol. The molecular weight excluding hydrogens is 340 g/mol. The molecule has 24 heavy (non-hydrogen) atoms. The number of aryl methyl sites for hydroxylation is 1. The van der Waals surface area contributed by atoms with Gasteiger partial charge in [-0.15, -0.1) is 0 Å². The molecule has 0 aliphatic heterocycles. The maximum Gasteiger partial charge on any atom is 0.145 e. The molecule has 0 unspecified atom stereocenters. The Morgan fingerprint density at radius 2 is 1.12 bits per heavy atom. The molecule has 3 aromatic carbocycles. The molecule has 0 spiro atoms. The van der Waals surface area contributed by atoms with Crippen LogP contribution in [0.5, 0.6) is 0 Å². The topological polar surface area (TPSA) is 0 Å². The molecule has 0 aliphatic rings. The predicted octanol–water partition coefficient (Wildman–Crippen LogP) is 6.54. The zero-order valence-electron chi connectivity index (χ0n) is 12.5. The predicted molar refractivity (Wildman–Crippen MR) is 86.9 cm³/mol. The van der Waals surface area contributed by atoms with Crippen LogP contribution in [0.2, 0.25) is 5.02 Å². The highest BCUT2D eigenvalue weighted by molar-refractivity contribution is 6.31. The lowest BCUT2D eigenvalue weighted by Gasteiger charge is -2.09. The highest BCUT2D eigenvalue weighted by atomic mass is 35.5. The second-order valence-corrected chi connectivity index (χ2v) is 5.81. The van der Waals surface area contributed by atoms with Crippen LogP contribution in [0, 0.1) is 30.2 Å². The van der Waals surface area contributed by atoms with Crippen LogP contribution in [0.25, 0.3) is 22.3 Å². The summed E-state index contributed by atoms with van der Waals surface area (Å²) in [5.41, 5.74) is 1.35. The van der Waals surface area contributed by atoms with E-state index in [1.165, 1.54) is 18.2 Å². The molecule has 0 aliphatic carbocycles. The van der Waals surface area contributed by atoms with E-state index in [-0.39, 0.29) is 16.7 Å². The minimum Gasteiger partial charge on any atom is -0.206 e. The summed E-state index contributed by atoms with van der Waals surface area (Å²) in [5.74, 6) is -3.13. The first kappa shape index (κ1) is 16.5. The maximum absolute atomic E-state index is 14.4. The molecule has 0 atom stereocenters. The van der Waals surface area contributed by atoms with Crippen LogP contribution in [0.4, 0.5) is 17.6 Å². The lowest BCUT2D eigenvalue weighted by molar-refractivity contribution is 0.584. The Bertz CT molecular complexity index is 912. The molecule has 0 nitrogen and oxygen atoms in total. The standard InChI is InChI=1S/C19H11ClF4/c1-10-2-4-13(15(21)6-10)11-3-5-14(16(22)7-11)12-8-17(23)19(20)18(24)9-12/h2-9H,1H3. The Morgan fingerprint density at radius 3 is 1.71 bits per heavy atom. The molecule has 5 heteroatoms. The summed E-state index contributed by atoms with van der Waals surface area (Å²) in [7, 11) is 0.